The van der Waals surface area contributed by atoms with Crippen molar-refractivity contribution in [1.82, 2.24) is 9.80 Å². The van der Waals surface area contributed by atoms with Crippen LogP contribution in [0.15, 0.2) is 0 Å². The molecular weight excluding hydrogens is 200 g/mol. The van der Waals surface area contributed by atoms with Crippen molar-refractivity contribution in [3.63, 3.8) is 0 Å². The summed E-state index contributed by atoms with van der Waals surface area (Å²) in [7, 11) is 0. The molecule has 1 fully saturated rings. The molecule has 0 spiro atoms. The van der Waals surface area contributed by atoms with Crippen molar-refractivity contribution in [3.8, 4) is 0 Å². The number of likely N-dealkylation sites (N-methyl/N-ethyl adjacent to an activating group) is 1. The molecule has 1 N–H and O–H groups in total. The van der Waals surface area contributed by atoms with Crippen LogP contribution in [0.3, 0.4) is 0 Å². The van der Waals surface area contributed by atoms with Crippen LogP contribution in [0.2, 0.25) is 0 Å². The number of hydrogen-bond acceptors (Lipinski definition) is 3. The number of rotatable bonds is 6. The molecule has 0 aliphatic carbocycles. The van der Waals surface area contributed by atoms with Crippen LogP contribution in [0.5, 0.6) is 0 Å². The molecule has 0 amide bonds. The van der Waals surface area contributed by atoms with E-state index in [0.29, 0.717) is 12.1 Å². The van der Waals surface area contributed by atoms with Gasteiger partial charge in [-0.1, -0.05) is 20.8 Å². The van der Waals surface area contributed by atoms with Crippen LogP contribution in [-0.4, -0.2) is 59.3 Å². The summed E-state index contributed by atoms with van der Waals surface area (Å²) >= 11 is 0. The summed E-state index contributed by atoms with van der Waals surface area (Å²) in [5.41, 5.74) is 0. The van der Waals surface area contributed by atoms with Crippen molar-refractivity contribution in [3.05, 3.63) is 0 Å². The van der Waals surface area contributed by atoms with Crippen LogP contribution in [-0.2, 0) is 0 Å². The first kappa shape index (κ1) is 13.9. The Hall–Kier alpha value is -0.120. The Morgan fingerprint density at radius 3 is 2.44 bits per heavy atom. The van der Waals surface area contributed by atoms with Crippen molar-refractivity contribution in [2.75, 3.05) is 26.2 Å². The van der Waals surface area contributed by atoms with Gasteiger partial charge in [0, 0.05) is 25.2 Å². The standard InChI is InChI=1S/C13H28N2O/c1-5-13(16)11(4)15-9-8-12(10-15)14(6-2)7-3/h11-13,16H,5-10H2,1-4H3. The molecule has 0 bridgehead atoms. The zero-order valence-corrected chi connectivity index (χ0v) is 11.3. The van der Waals surface area contributed by atoms with E-state index in [-0.39, 0.29) is 6.10 Å². The molecule has 96 valence electrons. The molecule has 1 heterocycles. The molecule has 0 aromatic rings. The maximum atomic E-state index is 9.87. The lowest BCUT2D eigenvalue weighted by Gasteiger charge is -2.30. The van der Waals surface area contributed by atoms with Gasteiger partial charge in [0.15, 0.2) is 0 Å². The van der Waals surface area contributed by atoms with E-state index < -0.39 is 0 Å². The molecule has 3 unspecified atom stereocenters. The van der Waals surface area contributed by atoms with Crippen LogP contribution in [0.4, 0.5) is 0 Å². The van der Waals surface area contributed by atoms with Crippen LogP contribution in [0, 0.1) is 0 Å². The van der Waals surface area contributed by atoms with E-state index in [1.54, 1.807) is 0 Å². The van der Waals surface area contributed by atoms with Crippen molar-refractivity contribution in [2.24, 2.45) is 0 Å². The summed E-state index contributed by atoms with van der Waals surface area (Å²) in [6.07, 6.45) is 1.94. The molecule has 3 heteroatoms. The fourth-order valence-electron chi connectivity index (χ4n) is 2.76. The van der Waals surface area contributed by atoms with E-state index in [0.717, 1.165) is 32.6 Å². The van der Waals surface area contributed by atoms with Crippen LogP contribution < -0.4 is 0 Å². The number of likely N-dealkylation sites (tertiary alicyclic amines) is 1. The van der Waals surface area contributed by atoms with Crippen molar-refractivity contribution in [1.29, 1.82) is 0 Å². The van der Waals surface area contributed by atoms with E-state index in [9.17, 15) is 5.11 Å². The topological polar surface area (TPSA) is 26.7 Å². The molecule has 1 aliphatic heterocycles. The van der Waals surface area contributed by atoms with E-state index in [4.69, 9.17) is 0 Å². The van der Waals surface area contributed by atoms with Gasteiger partial charge in [0.1, 0.15) is 0 Å². The Morgan fingerprint density at radius 2 is 1.94 bits per heavy atom. The predicted octanol–water partition coefficient (Wildman–Crippen LogP) is 1.56. The van der Waals surface area contributed by atoms with Gasteiger partial charge in [-0.25, -0.2) is 0 Å². The summed E-state index contributed by atoms with van der Waals surface area (Å²) in [4.78, 5) is 4.97. The Bertz CT molecular complexity index is 194. The van der Waals surface area contributed by atoms with Gasteiger partial charge in [-0.3, -0.25) is 9.80 Å². The lowest BCUT2D eigenvalue weighted by atomic mass is 10.1. The summed E-state index contributed by atoms with van der Waals surface area (Å²) in [6, 6.07) is 1.01. The molecule has 1 aliphatic rings. The number of hydrogen-bond donors (Lipinski definition) is 1. The molecular formula is C13H28N2O. The minimum atomic E-state index is -0.171. The van der Waals surface area contributed by atoms with E-state index in [1.165, 1.54) is 6.42 Å². The highest BCUT2D eigenvalue weighted by Crippen LogP contribution is 2.19. The predicted molar refractivity (Wildman–Crippen MR) is 68.7 cm³/mol. The molecule has 3 atom stereocenters. The first-order valence-corrected chi connectivity index (χ1v) is 6.80. The maximum Gasteiger partial charge on any atom is 0.0690 e. The second-order valence-corrected chi connectivity index (χ2v) is 4.87. The van der Waals surface area contributed by atoms with Crippen LogP contribution >= 0.6 is 0 Å². The summed E-state index contributed by atoms with van der Waals surface area (Å²) in [5.74, 6) is 0. The van der Waals surface area contributed by atoms with Gasteiger partial charge < -0.3 is 5.11 Å². The average Bonchev–Trinajstić information content (AvgIpc) is 2.78. The fraction of sp³-hybridized carbons (Fsp3) is 1.00. The van der Waals surface area contributed by atoms with Gasteiger partial charge in [-0.05, 0) is 32.9 Å². The third-order valence-corrected chi connectivity index (χ3v) is 4.07. The molecule has 1 saturated heterocycles. The van der Waals surface area contributed by atoms with Crippen LogP contribution in [0.1, 0.15) is 40.5 Å². The van der Waals surface area contributed by atoms with E-state index in [2.05, 4.69) is 37.5 Å². The monoisotopic (exact) mass is 228 g/mol. The Morgan fingerprint density at radius 1 is 1.31 bits per heavy atom. The smallest absolute Gasteiger partial charge is 0.0690 e. The number of nitrogens with zero attached hydrogens (tertiary/aromatic N) is 2. The second kappa shape index (κ2) is 6.58. The number of aliphatic hydroxyl groups is 1. The quantitative estimate of drug-likeness (QED) is 0.747. The zero-order chi connectivity index (χ0) is 12.1. The highest BCUT2D eigenvalue weighted by molar-refractivity contribution is 4.87. The highest BCUT2D eigenvalue weighted by atomic mass is 16.3. The lowest BCUT2D eigenvalue weighted by Crippen LogP contribution is -2.43. The fourth-order valence-corrected chi connectivity index (χ4v) is 2.76. The SMILES string of the molecule is CCC(O)C(C)N1CCC(N(CC)CC)C1. The molecule has 0 aromatic carbocycles. The zero-order valence-electron chi connectivity index (χ0n) is 11.3. The first-order valence-electron chi connectivity index (χ1n) is 6.80. The normalized spacial score (nSPS) is 26.2. The molecule has 3 nitrogen and oxygen atoms in total. The Balaban J connectivity index is 2.45. The minimum absolute atomic E-state index is 0.171. The van der Waals surface area contributed by atoms with Crippen molar-refractivity contribution >= 4 is 0 Å². The Kier molecular flexibility index (Phi) is 5.73. The molecule has 0 aromatic heterocycles. The van der Waals surface area contributed by atoms with Gasteiger partial charge in [-0.2, -0.15) is 0 Å². The van der Waals surface area contributed by atoms with Gasteiger partial charge >= 0.3 is 0 Å². The second-order valence-electron chi connectivity index (χ2n) is 4.87. The van der Waals surface area contributed by atoms with Gasteiger partial charge in [0.2, 0.25) is 0 Å². The molecule has 1 rings (SSSR count). The molecule has 0 radical (unpaired) electrons. The Labute approximate surface area is 100 Å². The van der Waals surface area contributed by atoms with Crippen LogP contribution in [0.25, 0.3) is 0 Å². The largest absolute Gasteiger partial charge is 0.392 e. The van der Waals surface area contributed by atoms with E-state index >= 15 is 0 Å². The average molecular weight is 228 g/mol. The number of aliphatic hydroxyl groups excluding tert-OH is 1. The summed E-state index contributed by atoms with van der Waals surface area (Å²) < 4.78 is 0. The third kappa shape index (κ3) is 3.19. The van der Waals surface area contributed by atoms with Gasteiger partial charge in [-0.15, -0.1) is 0 Å². The first-order chi connectivity index (χ1) is 7.63. The highest BCUT2D eigenvalue weighted by Gasteiger charge is 2.30. The molecule has 0 saturated carbocycles. The maximum absolute atomic E-state index is 9.87. The summed E-state index contributed by atoms with van der Waals surface area (Å²) in [5, 5.41) is 9.87. The molecule has 16 heavy (non-hydrogen) atoms. The van der Waals surface area contributed by atoms with Crippen molar-refractivity contribution < 1.29 is 5.11 Å². The summed E-state index contributed by atoms with van der Waals surface area (Å²) in [6.45, 7) is 13.2. The van der Waals surface area contributed by atoms with Gasteiger partial charge in [0.05, 0.1) is 6.10 Å². The minimum Gasteiger partial charge on any atom is -0.392 e. The van der Waals surface area contributed by atoms with E-state index in [1.807, 2.05) is 0 Å². The van der Waals surface area contributed by atoms with Gasteiger partial charge in [0.25, 0.3) is 0 Å². The van der Waals surface area contributed by atoms with Crippen molar-refractivity contribution in [2.45, 2.75) is 58.7 Å². The third-order valence-electron chi connectivity index (χ3n) is 4.07. The lowest BCUT2D eigenvalue weighted by molar-refractivity contribution is 0.0642.